The fraction of sp³-hybridized carbons (Fsp3) is 0.667. The minimum atomic E-state index is 0.331. The molecule has 1 saturated heterocycles. The van der Waals surface area contributed by atoms with Gasteiger partial charge in [0.15, 0.2) is 0 Å². The summed E-state index contributed by atoms with van der Waals surface area (Å²) in [6.45, 7) is 6.42. The molecular weight excluding hydrogens is 214 g/mol. The summed E-state index contributed by atoms with van der Waals surface area (Å²) in [6.07, 6.45) is 2.68. The number of hydrogen-bond acceptors (Lipinski definition) is 5. The molecular formula is C12H21N5. The van der Waals surface area contributed by atoms with Crippen LogP contribution in [0, 0.1) is 0 Å². The van der Waals surface area contributed by atoms with Gasteiger partial charge in [-0.15, -0.1) is 0 Å². The van der Waals surface area contributed by atoms with Crippen LogP contribution in [0.3, 0.4) is 0 Å². The number of nitrogens with zero attached hydrogens (tertiary/aromatic N) is 3. The van der Waals surface area contributed by atoms with E-state index in [-0.39, 0.29) is 0 Å². The Hall–Kier alpha value is -1.36. The number of likely N-dealkylation sites (N-methyl/N-ethyl adjacent to an activating group) is 1. The largest absolute Gasteiger partial charge is 0.383 e. The van der Waals surface area contributed by atoms with E-state index >= 15 is 0 Å². The highest BCUT2D eigenvalue weighted by Crippen LogP contribution is 2.27. The van der Waals surface area contributed by atoms with Gasteiger partial charge in [0, 0.05) is 18.2 Å². The second-order valence-electron chi connectivity index (χ2n) is 5.07. The molecule has 0 saturated carbocycles. The third kappa shape index (κ3) is 2.66. The van der Waals surface area contributed by atoms with E-state index in [0.29, 0.717) is 17.8 Å². The van der Waals surface area contributed by atoms with Crippen LogP contribution >= 0.6 is 0 Å². The van der Waals surface area contributed by atoms with Crippen LogP contribution in [0.4, 0.5) is 11.6 Å². The van der Waals surface area contributed by atoms with Gasteiger partial charge < -0.3 is 16.0 Å². The molecule has 17 heavy (non-hydrogen) atoms. The Morgan fingerprint density at radius 1 is 1.47 bits per heavy atom. The number of likely N-dealkylation sites (tertiary alicyclic amines) is 1. The van der Waals surface area contributed by atoms with E-state index in [1.807, 2.05) is 0 Å². The third-order valence-electron chi connectivity index (χ3n) is 3.22. The summed E-state index contributed by atoms with van der Waals surface area (Å²) in [4.78, 5) is 10.7. The zero-order chi connectivity index (χ0) is 12.4. The second-order valence-corrected chi connectivity index (χ2v) is 5.07. The maximum absolute atomic E-state index is 5.92. The quantitative estimate of drug-likeness (QED) is 0.826. The van der Waals surface area contributed by atoms with Crippen LogP contribution in [0.2, 0.25) is 0 Å². The fourth-order valence-electron chi connectivity index (χ4n) is 2.34. The van der Waals surface area contributed by atoms with Crippen LogP contribution in [-0.4, -0.2) is 41.0 Å². The summed E-state index contributed by atoms with van der Waals surface area (Å²) < 4.78 is 0. The molecule has 1 aliphatic rings. The summed E-state index contributed by atoms with van der Waals surface area (Å²) in [5.41, 5.74) is 6.95. The van der Waals surface area contributed by atoms with Gasteiger partial charge in [0.2, 0.25) is 0 Å². The van der Waals surface area contributed by atoms with Crippen molar-refractivity contribution in [1.82, 2.24) is 14.9 Å². The zero-order valence-electron chi connectivity index (χ0n) is 10.8. The molecule has 2 heterocycles. The Bertz CT molecular complexity index is 390. The first-order chi connectivity index (χ1) is 8.08. The van der Waals surface area contributed by atoms with Crippen molar-refractivity contribution in [3.8, 4) is 0 Å². The Morgan fingerprint density at radius 3 is 2.82 bits per heavy atom. The van der Waals surface area contributed by atoms with Crippen LogP contribution in [-0.2, 0) is 0 Å². The Balaban J connectivity index is 2.17. The topological polar surface area (TPSA) is 67.1 Å². The van der Waals surface area contributed by atoms with E-state index in [1.54, 1.807) is 0 Å². The molecule has 1 atom stereocenters. The lowest BCUT2D eigenvalue weighted by Gasteiger charge is -2.18. The SMILES string of the molecule is CC(C)c1c(N)ncnc1NC1CCN(C)C1. The monoisotopic (exact) mass is 235 g/mol. The molecule has 94 valence electrons. The van der Waals surface area contributed by atoms with Crippen LogP contribution in [0.25, 0.3) is 0 Å². The highest BCUT2D eigenvalue weighted by molar-refractivity contribution is 5.57. The van der Waals surface area contributed by atoms with Crippen molar-refractivity contribution < 1.29 is 0 Å². The lowest BCUT2D eigenvalue weighted by Crippen LogP contribution is -2.25. The normalized spacial score (nSPS) is 21.1. The summed E-state index contributed by atoms with van der Waals surface area (Å²) in [7, 11) is 2.14. The van der Waals surface area contributed by atoms with Crippen molar-refractivity contribution in [2.45, 2.75) is 32.2 Å². The average molecular weight is 235 g/mol. The van der Waals surface area contributed by atoms with Crippen LogP contribution < -0.4 is 11.1 Å². The molecule has 0 aliphatic carbocycles. The third-order valence-corrected chi connectivity index (χ3v) is 3.22. The van der Waals surface area contributed by atoms with Crippen molar-refractivity contribution in [3.63, 3.8) is 0 Å². The van der Waals surface area contributed by atoms with Gasteiger partial charge in [-0.2, -0.15) is 0 Å². The van der Waals surface area contributed by atoms with E-state index in [9.17, 15) is 0 Å². The van der Waals surface area contributed by atoms with E-state index in [1.165, 1.54) is 6.33 Å². The molecule has 1 unspecified atom stereocenters. The number of aromatic nitrogens is 2. The van der Waals surface area contributed by atoms with Crippen molar-refractivity contribution in [2.24, 2.45) is 0 Å². The molecule has 0 spiro atoms. The maximum Gasteiger partial charge on any atom is 0.135 e. The molecule has 1 aromatic rings. The smallest absolute Gasteiger partial charge is 0.135 e. The summed E-state index contributed by atoms with van der Waals surface area (Å²) in [5, 5.41) is 3.49. The molecule has 1 aliphatic heterocycles. The number of nitrogens with one attached hydrogen (secondary N) is 1. The lowest BCUT2D eigenvalue weighted by molar-refractivity contribution is 0.414. The number of nitrogens with two attached hydrogens (primary N) is 1. The average Bonchev–Trinajstić information content (AvgIpc) is 2.63. The minimum Gasteiger partial charge on any atom is -0.383 e. The van der Waals surface area contributed by atoms with Crippen LogP contribution in [0.1, 0.15) is 31.7 Å². The molecule has 0 bridgehead atoms. The van der Waals surface area contributed by atoms with Gasteiger partial charge in [-0.1, -0.05) is 13.8 Å². The highest BCUT2D eigenvalue weighted by Gasteiger charge is 2.22. The first-order valence-corrected chi connectivity index (χ1v) is 6.13. The lowest BCUT2D eigenvalue weighted by atomic mass is 10.0. The van der Waals surface area contributed by atoms with Gasteiger partial charge >= 0.3 is 0 Å². The predicted octanol–water partition coefficient (Wildman–Crippen LogP) is 1.30. The van der Waals surface area contributed by atoms with Gasteiger partial charge in [-0.05, 0) is 25.9 Å². The Kier molecular flexibility index (Phi) is 3.47. The van der Waals surface area contributed by atoms with Gasteiger partial charge in [0.25, 0.3) is 0 Å². The molecule has 1 aromatic heterocycles. The number of anilines is 2. The first kappa shape index (κ1) is 12.1. The predicted molar refractivity (Wildman–Crippen MR) is 70.1 cm³/mol. The van der Waals surface area contributed by atoms with Gasteiger partial charge in [0.05, 0.1) is 0 Å². The number of nitrogen functional groups attached to an aromatic ring is 1. The standard InChI is InChI=1S/C12H21N5/c1-8(2)10-11(13)14-7-15-12(10)16-9-4-5-17(3)6-9/h7-9H,4-6H2,1-3H3,(H3,13,14,15,16). The maximum atomic E-state index is 5.92. The zero-order valence-corrected chi connectivity index (χ0v) is 10.8. The fourth-order valence-corrected chi connectivity index (χ4v) is 2.34. The minimum absolute atomic E-state index is 0.331. The van der Waals surface area contributed by atoms with Crippen molar-refractivity contribution in [1.29, 1.82) is 0 Å². The summed E-state index contributed by atoms with van der Waals surface area (Å²) in [5.74, 6) is 1.81. The molecule has 0 radical (unpaired) electrons. The molecule has 1 fully saturated rings. The molecule has 3 N–H and O–H groups in total. The van der Waals surface area contributed by atoms with Crippen molar-refractivity contribution in [2.75, 3.05) is 31.2 Å². The van der Waals surface area contributed by atoms with Crippen molar-refractivity contribution >= 4 is 11.6 Å². The van der Waals surface area contributed by atoms with E-state index in [0.717, 1.165) is 30.9 Å². The molecule has 2 rings (SSSR count). The first-order valence-electron chi connectivity index (χ1n) is 6.13. The van der Waals surface area contributed by atoms with Crippen LogP contribution in [0.5, 0.6) is 0 Å². The highest BCUT2D eigenvalue weighted by atomic mass is 15.2. The van der Waals surface area contributed by atoms with Crippen LogP contribution in [0.15, 0.2) is 6.33 Å². The van der Waals surface area contributed by atoms with Gasteiger partial charge in [-0.25, -0.2) is 9.97 Å². The number of rotatable bonds is 3. The molecule has 0 aromatic carbocycles. The molecule has 5 nitrogen and oxygen atoms in total. The Morgan fingerprint density at radius 2 is 2.24 bits per heavy atom. The van der Waals surface area contributed by atoms with E-state index < -0.39 is 0 Å². The second kappa shape index (κ2) is 4.87. The Labute approximate surface area is 102 Å². The molecule has 5 heteroatoms. The number of hydrogen-bond donors (Lipinski definition) is 2. The van der Waals surface area contributed by atoms with Gasteiger partial charge in [-0.3, -0.25) is 0 Å². The molecule has 0 amide bonds. The van der Waals surface area contributed by atoms with E-state index in [4.69, 9.17) is 5.73 Å². The van der Waals surface area contributed by atoms with Gasteiger partial charge in [0.1, 0.15) is 18.0 Å². The van der Waals surface area contributed by atoms with E-state index in [2.05, 4.69) is 41.1 Å². The van der Waals surface area contributed by atoms with Crippen molar-refractivity contribution in [3.05, 3.63) is 11.9 Å². The summed E-state index contributed by atoms with van der Waals surface area (Å²) >= 11 is 0. The summed E-state index contributed by atoms with van der Waals surface area (Å²) in [6, 6.07) is 0.465.